The van der Waals surface area contributed by atoms with Gasteiger partial charge in [-0.1, -0.05) is 85.6 Å². The second-order valence-corrected chi connectivity index (χ2v) is 14.0. The van der Waals surface area contributed by atoms with Crippen LogP contribution in [-0.4, -0.2) is 58.7 Å². The first-order valence-electron chi connectivity index (χ1n) is 17.2. The van der Waals surface area contributed by atoms with Crippen molar-refractivity contribution in [3.63, 3.8) is 0 Å². The van der Waals surface area contributed by atoms with Gasteiger partial charge in [0, 0.05) is 0 Å². The maximum atomic E-state index is 11.8. The van der Waals surface area contributed by atoms with Gasteiger partial charge in [-0.25, -0.2) is 0 Å². The third kappa shape index (κ3) is 5.44. The Hall–Kier alpha value is -5.07. The zero-order chi connectivity index (χ0) is 33.9. The molecule has 3 aromatic carbocycles. The molecule has 3 aliphatic heterocycles. The minimum atomic E-state index is -0.630. The average molecular weight is 660 g/mol. The van der Waals surface area contributed by atoms with Crippen molar-refractivity contribution < 1.29 is 29.6 Å². The molecule has 2 fully saturated rings. The van der Waals surface area contributed by atoms with Crippen molar-refractivity contribution >= 4 is 11.6 Å². The molecule has 3 atom stereocenters. The number of nitrogens with zero attached hydrogens (tertiary/aromatic N) is 2. The second-order valence-electron chi connectivity index (χ2n) is 14.0. The molecule has 1 saturated carbocycles. The maximum absolute atomic E-state index is 11.8. The molecule has 8 rings (SSSR count). The van der Waals surface area contributed by atoms with Gasteiger partial charge in [0.15, 0.2) is 17.1 Å². The van der Waals surface area contributed by atoms with Crippen molar-refractivity contribution in [2.24, 2.45) is 0 Å². The Morgan fingerprint density at radius 2 is 1.82 bits per heavy atom. The molecule has 9 heteroatoms. The molecule has 1 aromatic heterocycles. The quantitative estimate of drug-likeness (QED) is 0.160. The van der Waals surface area contributed by atoms with E-state index in [1.807, 2.05) is 0 Å². The number of hydrogen-bond donors (Lipinski definition) is 4. The SMILES string of the molecule is COc1c(O)c2c(c([C@@H]3C#C[C@H]4CN(CCN4)c4[n-]c(C5(C)CCCC5)cc4-c4cccc(c4)C3)c1O)OC(c1ccc(O)cc1)CC2=[OH+]. The van der Waals surface area contributed by atoms with Crippen molar-refractivity contribution in [3.05, 3.63) is 82.5 Å². The Bertz CT molecular complexity index is 2000. The summed E-state index contributed by atoms with van der Waals surface area (Å²) in [6.45, 7) is 4.56. The van der Waals surface area contributed by atoms with Crippen LogP contribution in [0.2, 0.25) is 0 Å². The van der Waals surface area contributed by atoms with Crippen LogP contribution in [-0.2, 0) is 11.8 Å². The Labute approximate surface area is 285 Å². The van der Waals surface area contributed by atoms with Gasteiger partial charge in [-0.3, -0.25) is 4.79 Å². The number of fused-ring (bicyclic) bond motifs is 8. The number of phenols is 3. The van der Waals surface area contributed by atoms with Crippen molar-refractivity contribution in [2.45, 2.75) is 68.9 Å². The van der Waals surface area contributed by atoms with Crippen LogP contribution < -0.4 is 24.7 Å². The summed E-state index contributed by atoms with van der Waals surface area (Å²) >= 11 is 0. The summed E-state index contributed by atoms with van der Waals surface area (Å²) in [7, 11) is 1.37. The number of benzene rings is 3. The van der Waals surface area contributed by atoms with E-state index >= 15 is 0 Å². The highest BCUT2D eigenvalue weighted by atomic mass is 16.5. The van der Waals surface area contributed by atoms with Gasteiger partial charge in [0.25, 0.3) is 0 Å². The predicted octanol–water partition coefficient (Wildman–Crippen LogP) is 5.81. The molecular weight excluding hydrogens is 618 g/mol. The summed E-state index contributed by atoms with van der Waals surface area (Å²) in [6, 6.07) is 17.2. The first-order chi connectivity index (χ1) is 23.7. The monoisotopic (exact) mass is 659 g/mol. The van der Waals surface area contributed by atoms with E-state index in [-0.39, 0.29) is 52.2 Å². The Balaban J connectivity index is 1.27. The van der Waals surface area contributed by atoms with Crippen LogP contribution in [0.1, 0.15) is 79.0 Å². The minimum Gasteiger partial charge on any atom is -0.508 e. The highest BCUT2D eigenvalue weighted by Gasteiger charge is 2.42. The fraction of sp³-hybridized carbons (Fsp3) is 0.375. The number of anilines is 1. The van der Waals surface area contributed by atoms with Gasteiger partial charge in [-0.2, -0.15) is 0 Å². The number of rotatable bonds is 4. The van der Waals surface area contributed by atoms with Gasteiger partial charge in [0.1, 0.15) is 24.0 Å². The Morgan fingerprint density at radius 3 is 2.59 bits per heavy atom. The van der Waals surface area contributed by atoms with Crippen molar-refractivity contribution in [2.75, 3.05) is 31.6 Å². The lowest BCUT2D eigenvalue weighted by molar-refractivity contribution is 0.196. The van der Waals surface area contributed by atoms with E-state index in [9.17, 15) is 20.1 Å². The fourth-order valence-corrected chi connectivity index (χ4v) is 8.09. The summed E-state index contributed by atoms with van der Waals surface area (Å²) in [5.41, 5.74) is 5.61. The van der Waals surface area contributed by atoms with E-state index in [4.69, 9.17) is 14.5 Å². The van der Waals surface area contributed by atoms with E-state index in [0.717, 1.165) is 54.0 Å². The number of phenolic OH excluding ortho intramolecular Hbond substituents is 3. The number of aromatic nitrogens is 1. The molecule has 0 amide bonds. The number of methoxy groups -OCH3 is 1. The molecule has 252 valence electrons. The van der Waals surface area contributed by atoms with Crippen LogP contribution in [0.15, 0.2) is 54.6 Å². The Kier molecular flexibility index (Phi) is 7.72. The smallest absolute Gasteiger partial charge is 0.335 e. The van der Waals surface area contributed by atoms with Crippen LogP contribution in [0.25, 0.3) is 11.1 Å². The summed E-state index contributed by atoms with van der Waals surface area (Å²) in [5, 5.41) is 36.4. The average Bonchev–Trinajstić information content (AvgIpc) is 3.75. The van der Waals surface area contributed by atoms with Gasteiger partial charge in [-0.15, -0.1) is 0 Å². The molecule has 5 N–H and O–H groups in total. The molecule has 49 heavy (non-hydrogen) atoms. The molecular formula is C40H41N3O6. The van der Waals surface area contributed by atoms with Gasteiger partial charge < -0.3 is 40.0 Å². The molecule has 0 radical (unpaired) electrons. The summed E-state index contributed by atoms with van der Waals surface area (Å²) in [6.07, 6.45) is 4.62. The van der Waals surface area contributed by atoms with Gasteiger partial charge in [-0.05, 0) is 78.7 Å². The van der Waals surface area contributed by atoms with Crippen LogP contribution in [0.3, 0.4) is 0 Å². The fourth-order valence-electron chi connectivity index (χ4n) is 8.09. The Morgan fingerprint density at radius 1 is 1.02 bits per heavy atom. The topological polar surface area (TPSA) is 130 Å². The normalized spacial score (nSPS) is 22.4. The van der Waals surface area contributed by atoms with E-state index < -0.39 is 17.8 Å². The molecule has 1 unspecified atom stereocenters. The van der Waals surface area contributed by atoms with Crippen LogP contribution in [0.5, 0.6) is 28.7 Å². The van der Waals surface area contributed by atoms with Crippen molar-refractivity contribution in [1.29, 1.82) is 0 Å². The number of nitrogens with one attached hydrogen (secondary N) is 1. The number of carbonyl (C=O) groups excluding carboxylic acids is 1. The molecule has 4 aliphatic rings. The van der Waals surface area contributed by atoms with Crippen molar-refractivity contribution in [1.82, 2.24) is 10.3 Å². The molecule has 9 nitrogen and oxygen atoms in total. The van der Waals surface area contributed by atoms with Gasteiger partial charge in [0.05, 0.1) is 24.6 Å². The summed E-state index contributed by atoms with van der Waals surface area (Å²) in [4.78, 5) is 19.0. The molecule has 1 saturated heterocycles. The highest BCUT2D eigenvalue weighted by Crippen LogP contribution is 2.54. The number of hydrogen-bond acceptors (Lipinski definition) is 7. The van der Waals surface area contributed by atoms with E-state index in [1.54, 1.807) is 24.3 Å². The number of piperazine rings is 1. The summed E-state index contributed by atoms with van der Waals surface area (Å²) < 4.78 is 12.1. The summed E-state index contributed by atoms with van der Waals surface area (Å²) in [5.74, 6) is 6.74. The second kappa shape index (κ2) is 12.1. The molecule has 4 aromatic rings. The number of aromatic hydroxyl groups is 3. The maximum Gasteiger partial charge on any atom is 0.335 e. The first-order valence-corrected chi connectivity index (χ1v) is 17.2. The van der Waals surface area contributed by atoms with Crippen LogP contribution in [0.4, 0.5) is 5.82 Å². The molecule has 4 heterocycles. The molecule has 4 bridgehead atoms. The first kappa shape index (κ1) is 31.2. The lowest BCUT2D eigenvalue weighted by atomic mass is 9.84. The lowest BCUT2D eigenvalue weighted by Crippen LogP contribution is -2.50. The standard InChI is InChI=1S/C40H40N3O6/c1-40(14-3-4-15-40)32-20-29-25-7-5-6-23(18-25)19-26(8-11-27-22-43(17-16-41-27)39(29)42-32)33-35(46)38(48-2)36(47)34-30(45)21-31(49-37(33)34)24-9-12-28(44)13-10-24/h5-7,9-10,12-13,18,20,26-27,31,41,44H,3-4,14-17,19,21-22H2,1-2H3,(H2,45,46,47)/q-1/p+1/t26-,27+,31?/m1/s1. The zero-order valence-electron chi connectivity index (χ0n) is 27.8. The largest absolute Gasteiger partial charge is 0.508 e. The van der Waals surface area contributed by atoms with Gasteiger partial charge >= 0.3 is 5.78 Å². The number of ketones is 1. The molecule has 0 spiro atoms. The third-order valence-electron chi connectivity index (χ3n) is 10.8. The zero-order valence-corrected chi connectivity index (χ0v) is 27.8. The highest BCUT2D eigenvalue weighted by molar-refractivity contribution is 6.05. The van der Waals surface area contributed by atoms with E-state index in [0.29, 0.717) is 18.5 Å². The van der Waals surface area contributed by atoms with Crippen molar-refractivity contribution in [3.8, 4) is 51.7 Å². The predicted molar refractivity (Wildman–Crippen MR) is 188 cm³/mol. The minimum absolute atomic E-state index is 0.0754. The van der Waals surface area contributed by atoms with E-state index in [2.05, 4.69) is 59.3 Å². The van der Waals surface area contributed by atoms with Gasteiger partial charge in [0.2, 0.25) is 5.75 Å². The van der Waals surface area contributed by atoms with Crippen LogP contribution in [0, 0.1) is 11.8 Å². The third-order valence-corrected chi connectivity index (χ3v) is 10.8. The molecule has 1 aliphatic carbocycles. The number of ether oxygens (including phenoxy) is 2. The van der Waals surface area contributed by atoms with E-state index in [1.165, 1.54) is 25.6 Å². The lowest BCUT2D eigenvalue weighted by Gasteiger charge is -2.40. The van der Waals surface area contributed by atoms with Crippen LogP contribution >= 0.6 is 0 Å².